The molecular weight excluding hydrogens is 192 g/mol. The second kappa shape index (κ2) is 3.51. The van der Waals surface area contributed by atoms with Crippen molar-refractivity contribution in [2.45, 2.75) is 13.0 Å². The Labute approximate surface area is 79.4 Å². The highest BCUT2D eigenvalue weighted by Crippen LogP contribution is 2.33. The molecule has 0 amide bonds. The highest BCUT2D eigenvalue weighted by atomic mass is 19.1. The standard InChI is InChI=1S/C9H9F2NO2/c10-7-3-8(11)9-5(1-2-13-9)6(7)4-14-12/h3H,1-2,4,12H2. The summed E-state index contributed by atoms with van der Waals surface area (Å²) in [4.78, 5) is 4.36. The monoisotopic (exact) mass is 201 g/mol. The van der Waals surface area contributed by atoms with E-state index in [1.807, 2.05) is 0 Å². The molecule has 1 aliphatic heterocycles. The van der Waals surface area contributed by atoms with Crippen LogP contribution in [-0.4, -0.2) is 6.61 Å². The summed E-state index contributed by atoms with van der Waals surface area (Å²) >= 11 is 0. The van der Waals surface area contributed by atoms with Crippen LogP contribution in [0.4, 0.5) is 8.78 Å². The predicted octanol–water partition coefficient (Wildman–Crippen LogP) is 1.29. The molecule has 3 nitrogen and oxygen atoms in total. The number of ether oxygens (including phenoxy) is 1. The van der Waals surface area contributed by atoms with Gasteiger partial charge in [0.2, 0.25) is 0 Å². The summed E-state index contributed by atoms with van der Waals surface area (Å²) in [6.07, 6.45) is 0.489. The fraction of sp³-hybridized carbons (Fsp3) is 0.333. The van der Waals surface area contributed by atoms with E-state index in [1.165, 1.54) is 0 Å². The molecule has 0 saturated carbocycles. The number of benzene rings is 1. The van der Waals surface area contributed by atoms with Crippen molar-refractivity contribution in [1.82, 2.24) is 0 Å². The van der Waals surface area contributed by atoms with Crippen molar-refractivity contribution in [1.29, 1.82) is 0 Å². The van der Waals surface area contributed by atoms with E-state index in [4.69, 9.17) is 10.6 Å². The third-order valence-corrected chi connectivity index (χ3v) is 2.22. The number of hydrogen-bond acceptors (Lipinski definition) is 3. The number of halogens is 2. The molecule has 1 aromatic carbocycles. The smallest absolute Gasteiger partial charge is 0.168 e. The molecule has 1 aromatic rings. The molecule has 76 valence electrons. The topological polar surface area (TPSA) is 44.5 Å². The summed E-state index contributed by atoms with van der Waals surface area (Å²) in [5.74, 6) is 3.67. The lowest BCUT2D eigenvalue weighted by Crippen LogP contribution is -2.05. The SMILES string of the molecule is NOCc1c(F)cc(F)c2c1CCO2. The highest BCUT2D eigenvalue weighted by Gasteiger charge is 2.23. The van der Waals surface area contributed by atoms with Gasteiger partial charge in [-0.2, -0.15) is 0 Å². The zero-order chi connectivity index (χ0) is 10.1. The van der Waals surface area contributed by atoms with Gasteiger partial charge in [-0.05, 0) is 0 Å². The van der Waals surface area contributed by atoms with Gasteiger partial charge in [-0.1, -0.05) is 0 Å². The first-order valence-electron chi connectivity index (χ1n) is 4.18. The van der Waals surface area contributed by atoms with Crippen LogP contribution in [0.25, 0.3) is 0 Å². The molecule has 0 aliphatic carbocycles. The number of rotatable bonds is 2. The Bertz CT molecular complexity index is 368. The zero-order valence-corrected chi connectivity index (χ0v) is 7.35. The van der Waals surface area contributed by atoms with Gasteiger partial charge in [0.05, 0.1) is 13.2 Å². The Morgan fingerprint density at radius 3 is 2.93 bits per heavy atom. The molecular formula is C9H9F2NO2. The van der Waals surface area contributed by atoms with E-state index in [9.17, 15) is 8.78 Å². The van der Waals surface area contributed by atoms with Crippen LogP contribution in [0.3, 0.4) is 0 Å². The molecule has 0 bridgehead atoms. The van der Waals surface area contributed by atoms with Gasteiger partial charge < -0.3 is 4.74 Å². The number of nitrogens with two attached hydrogens (primary N) is 1. The molecule has 0 spiro atoms. The van der Waals surface area contributed by atoms with Crippen molar-refractivity contribution in [3.8, 4) is 5.75 Å². The van der Waals surface area contributed by atoms with E-state index in [-0.39, 0.29) is 17.9 Å². The third kappa shape index (κ3) is 1.34. The Morgan fingerprint density at radius 1 is 1.43 bits per heavy atom. The van der Waals surface area contributed by atoms with Crippen LogP contribution in [0.2, 0.25) is 0 Å². The summed E-state index contributed by atoms with van der Waals surface area (Å²) in [5, 5.41) is 0. The van der Waals surface area contributed by atoms with Gasteiger partial charge in [0.1, 0.15) is 5.82 Å². The van der Waals surface area contributed by atoms with Gasteiger partial charge in [-0.3, -0.25) is 4.84 Å². The number of fused-ring (bicyclic) bond motifs is 1. The van der Waals surface area contributed by atoms with Gasteiger partial charge in [0.15, 0.2) is 11.6 Å². The predicted molar refractivity (Wildman–Crippen MR) is 44.5 cm³/mol. The van der Waals surface area contributed by atoms with Crippen LogP contribution in [0.15, 0.2) is 6.07 Å². The minimum Gasteiger partial charge on any atom is -0.490 e. The van der Waals surface area contributed by atoms with E-state index >= 15 is 0 Å². The molecule has 0 saturated heterocycles. The Balaban J connectivity index is 2.54. The molecule has 2 N–H and O–H groups in total. The van der Waals surface area contributed by atoms with Crippen molar-refractivity contribution in [2.75, 3.05) is 6.61 Å². The van der Waals surface area contributed by atoms with E-state index in [2.05, 4.69) is 4.84 Å². The van der Waals surface area contributed by atoms with Crippen LogP contribution in [0.1, 0.15) is 11.1 Å². The second-order valence-corrected chi connectivity index (χ2v) is 3.04. The summed E-state index contributed by atoms with van der Waals surface area (Å²) in [5.41, 5.74) is 0.800. The van der Waals surface area contributed by atoms with Crippen molar-refractivity contribution < 1.29 is 18.4 Å². The fourth-order valence-electron chi connectivity index (χ4n) is 1.60. The van der Waals surface area contributed by atoms with Crippen molar-refractivity contribution in [3.05, 3.63) is 28.8 Å². The summed E-state index contributed by atoms with van der Waals surface area (Å²) in [7, 11) is 0. The van der Waals surface area contributed by atoms with Gasteiger partial charge in [-0.25, -0.2) is 14.7 Å². The molecule has 0 aromatic heterocycles. The van der Waals surface area contributed by atoms with Gasteiger partial charge >= 0.3 is 0 Å². The van der Waals surface area contributed by atoms with Gasteiger partial charge in [-0.15, -0.1) is 0 Å². The fourth-order valence-corrected chi connectivity index (χ4v) is 1.60. The van der Waals surface area contributed by atoms with E-state index in [0.717, 1.165) is 6.07 Å². The highest BCUT2D eigenvalue weighted by molar-refractivity contribution is 5.44. The van der Waals surface area contributed by atoms with Crippen LogP contribution >= 0.6 is 0 Å². The minimum absolute atomic E-state index is 0.0716. The maximum atomic E-state index is 13.3. The zero-order valence-electron chi connectivity index (χ0n) is 7.35. The molecule has 1 heterocycles. The van der Waals surface area contributed by atoms with E-state index < -0.39 is 11.6 Å². The molecule has 14 heavy (non-hydrogen) atoms. The first-order chi connectivity index (χ1) is 6.74. The van der Waals surface area contributed by atoms with E-state index in [0.29, 0.717) is 18.6 Å². The van der Waals surface area contributed by atoms with Gasteiger partial charge in [0, 0.05) is 23.6 Å². The number of hydrogen-bond donors (Lipinski definition) is 1. The van der Waals surface area contributed by atoms with E-state index in [1.54, 1.807) is 0 Å². The largest absolute Gasteiger partial charge is 0.490 e. The molecule has 0 fully saturated rings. The normalized spacial score (nSPS) is 13.9. The van der Waals surface area contributed by atoms with Crippen molar-refractivity contribution >= 4 is 0 Å². The Hall–Kier alpha value is -1.20. The Morgan fingerprint density at radius 2 is 2.21 bits per heavy atom. The minimum atomic E-state index is -0.671. The molecule has 0 unspecified atom stereocenters. The van der Waals surface area contributed by atoms with Gasteiger partial charge in [0.25, 0.3) is 0 Å². The lowest BCUT2D eigenvalue weighted by molar-refractivity contribution is 0.121. The maximum absolute atomic E-state index is 13.3. The quantitative estimate of drug-likeness (QED) is 0.733. The lowest BCUT2D eigenvalue weighted by atomic mass is 10.0. The molecule has 1 aliphatic rings. The van der Waals surface area contributed by atoms with Crippen LogP contribution in [0.5, 0.6) is 5.75 Å². The average Bonchev–Trinajstić information content (AvgIpc) is 2.60. The van der Waals surface area contributed by atoms with Crippen molar-refractivity contribution in [3.63, 3.8) is 0 Å². The molecule has 2 rings (SSSR count). The molecule has 5 heteroatoms. The van der Waals surface area contributed by atoms with Crippen LogP contribution in [-0.2, 0) is 17.9 Å². The summed E-state index contributed by atoms with van der Waals surface area (Å²) in [6.45, 7) is 0.297. The average molecular weight is 201 g/mol. The second-order valence-electron chi connectivity index (χ2n) is 3.04. The molecule has 0 radical (unpaired) electrons. The summed E-state index contributed by atoms with van der Waals surface area (Å²) < 4.78 is 31.4. The Kier molecular flexibility index (Phi) is 2.35. The van der Waals surface area contributed by atoms with Crippen LogP contribution < -0.4 is 10.6 Å². The van der Waals surface area contributed by atoms with Crippen LogP contribution in [0, 0.1) is 11.6 Å². The first kappa shape index (κ1) is 9.36. The third-order valence-electron chi connectivity index (χ3n) is 2.22. The van der Waals surface area contributed by atoms with Crippen molar-refractivity contribution in [2.24, 2.45) is 5.90 Å². The maximum Gasteiger partial charge on any atom is 0.168 e. The first-order valence-corrected chi connectivity index (χ1v) is 4.18. The lowest BCUT2D eigenvalue weighted by Gasteiger charge is -2.07. The molecule has 0 atom stereocenters. The summed E-state index contributed by atoms with van der Waals surface area (Å²) in [6, 6.07) is 0.790.